The molecule has 0 aromatic heterocycles. The van der Waals surface area contributed by atoms with Gasteiger partial charge in [0.1, 0.15) is 11.6 Å². The molecule has 0 saturated heterocycles. The molecule has 3 aromatic rings. The van der Waals surface area contributed by atoms with Crippen molar-refractivity contribution in [2.45, 2.75) is 32.9 Å². The van der Waals surface area contributed by atoms with E-state index in [1.54, 1.807) is 48.5 Å². The van der Waals surface area contributed by atoms with E-state index in [0.717, 1.165) is 5.56 Å². The van der Waals surface area contributed by atoms with E-state index in [1.807, 2.05) is 13.8 Å². The van der Waals surface area contributed by atoms with E-state index in [0.29, 0.717) is 44.3 Å². The highest BCUT2D eigenvalue weighted by Gasteiger charge is 2.21. The fourth-order valence-electron chi connectivity index (χ4n) is 3.64. The van der Waals surface area contributed by atoms with Gasteiger partial charge in [0, 0.05) is 40.7 Å². The highest BCUT2D eigenvalue weighted by molar-refractivity contribution is 6.34. The summed E-state index contributed by atoms with van der Waals surface area (Å²) in [6.45, 7) is 4.14. The number of nitrogens with one attached hydrogen (secondary N) is 3. The van der Waals surface area contributed by atoms with Gasteiger partial charge in [-0.3, -0.25) is 10.2 Å². The summed E-state index contributed by atoms with van der Waals surface area (Å²) in [5, 5.41) is 24.9. The number of aromatic hydroxyl groups is 1. The molecule has 8 nitrogen and oxygen atoms in total. The number of carbonyl (C=O) groups is 1. The van der Waals surface area contributed by atoms with Crippen LogP contribution in [0.4, 0.5) is 17.1 Å². The Morgan fingerprint density at radius 1 is 1.09 bits per heavy atom. The molecule has 3 rings (SSSR count). The molecule has 0 fully saturated rings. The Balaban J connectivity index is 1.93. The minimum atomic E-state index is -0.304. The van der Waals surface area contributed by atoms with E-state index in [2.05, 4.69) is 10.6 Å². The largest absolute Gasteiger partial charge is 0.505 e. The lowest BCUT2D eigenvalue weighted by molar-refractivity contribution is -0.120. The molecule has 1 amide bonds. The van der Waals surface area contributed by atoms with Gasteiger partial charge in [0.05, 0.1) is 17.1 Å². The third-order valence-electron chi connectivity index (χ3n) is 5.16. The van der Waals surface area contributed by atoms with Gasteiger partial charge < -0.3 is 32.9 Å². The molecule has 9 heteroatoms. The van der Waals surface area contributed by atoms with Gasteiger partial charge in [-0.2, -0.15) is 0 Å². The molecule has 0 radical (unpaired) electrons. The second-order valence-corrected chi connectivity index (χ2v) is 8.77. The van der Waals surface area contributed by atoms with Crippen LogP contribution in [0, 0.1) is 5.41 Å². The van der Waals surface area contributed by atoms with E-state index < -0.39 is 0 Å². The number of nitrogen functional groups attached to an aromatic ring is 3. The van der Waals surface area contributed by atoms with E-state index >= 15 is 0 Å². The van der Waals surface area contributed by atoms with Crippen LogP contribution >= 0.6 is 11.6 Å². The van der Waals surface area contributed by atoms with Crippen molar-refractivity contribution in [1.82, 2.24) is 5.32 Å². The van der Waals surface area contributed by atoms with Gasteiger partial charge >= 0.3 is 0 Å². The summed E-state index contributed by atoms with van der Waals surface area (Å²) >= 11 is 6.63. The Morgan fingerprint density at radius 2 is 1.71 bits per heavy atom. The first-order valence-electron chi connectivity index (χ1n) is 10.7. The first-order chi connectivity index (χ1) is 16.0. The fourth-order valence-corrected chi connectivity index (χ4v) is 3.98. The predicted octanol–water partition coefficient (Wildman–Crippen LogP) is 3.84. The molecule has 3 aromatic carbocycles. The van der Waals surface area contributed by atoms with Crippen LogP contribution in [0.25, 0.3) is 11.1 Å². The van der Waals surface area contributed by atoms with Crippen LogP contribution in [0.15, 0.2) is 48.5 Å². The van der Waals surface area contributed by atoms with Crippen molar-refractivity contribution >= 4 is 40.4 Å². The van der Waals surface area contributed by atoms with Crippen molar-refractivity contribution in [3.05, 3.63) is 70.2 Å². The van der Waals surface area contributed by atoms with Crippen molar-refractivity contribution in [2.75, 3.05) is 16.8 Å². The van der Waals surface area contributed by atoms with E-state index in [-0.39, 0.29) is 36.5 Å². The van der Waals surface area contributed by atoms with Crippen LogP contribution in [0.2, 0.25) is 5.02 Å². The molecular weight excluding hydrogens is 452 g/mol. The topological polar surface area (TPSA) is 163 Å². The Morgan fingerprint density at radius 3 is 2.26 bits per heavy atom. The Bertz CT molecular complexity index is 1200. The van der Waals surface area contributed by atoms with Crippen LogP contribution in [0.3, 0.4) is 0 Å². The van der Waals surface area contributed by atoms with Crippen molar-refractivity contribution in [3.8, 4) is 16.9 Å². The number of rotatable bonds is 8. The number of carbonyl (C=O) groups excluding carboxylic acids is 1. The number of hydrogen-bond donors (Lipinski definition) is 7. The Labute approximate surface area is 203 Å². The molecule has 0 bridgehead atoms. The highest BCUT2D eigenvalue weighted by atomic mass is 35.5. The minimum Gasteiger partial charge on any atom is -0.505 e. The predicted molar refractivity (Wildman–Crippen MR) is 139 cm³/mol. The van der Waals surface area contributed by atoms with Crippen molar-refractivity contribution < 1.29 is 9.90 Å². The normalized spacial score (nSPS) is 10.8. The standard InChI is InChI=1S/C25H29ClN6O2/c1-13(2)32-21-11-20(26)23(16-7-17(27)9-18(28)8-16)19(24(21)34)10-22(33)31-12-14-3-5-15(6-4-14)25(29)30/h3-9,11,13,32,34H,10,12,27-28H2,1-2H3,(H3,29,30)(H,31,33). The Hall–Kier alpha value is -3.91. The summed E-state index contributed by atoms with van der Waals surface area (Å²) in [6, 6.07) is 13.7. The summed E-state index contributed by atoms with van der Waals surface area (Å²) in [6.07, 6.45) is -0.116. The fraction of sp³-hybridized carbons (Fsp3) is 0.200. The van der Waals surface area contributed by atoms with Crippen molar-refractivity contribution in [1.29, 1.82) is 5.41 Å². The summed E-state index contributed by atoms with van der Waals surface area (Å²) in [5.74, 6) is -0.385. The minimum absolute atomic E-state index is 0.0208. The van der Waals surface area contributed by atoms with Crippen molar-refractivity contribution in [2.24, 2.45) is 5.73 Å². The first kappa shape index (κ1) is 24.7. The molecule has 34 heavy (non-hydrogen) atoms. The van der Waals surface area contributed by atoms with Crippen LogP contribution < -0.4 is 27.8 Å². The van der Waals surface area contributed by atoms with E-state index in [1.165, 1.54) is 0 Å². The second-order valence-electron chi connectivity index (χ2n) is 8.36. The van der Waals surface area contributed by atoms with Gasteiger partial charge in [-0.15, -0.1) is 0 Å². The van der Waals surface area contributed by atoms with Crippen LogP contribution in [-0.2, 0) is 17.8 Å². The smallest absolute Gasteiger partial charge is 0.224 e. The molecule has 178 valence electrons. The average Bonchev–Trinajstić information content (AvgIpc) is 2.75. The SMILES string of the molecule is CC(C)Nc1cc(Cl)c(-c2cc(N)cc(N)c2)c(CC(=O)NCc2ccc(C(=N)N)cc2)c1O. The van der Waals surface area contributed by atoms with Crippen LogP contribution in [0.5, 0.6) is 5.75 Å². The van der Waals surface area contributed by atoms with Gasteiger partial charge in [0.15, 0.2) is 0 Å². The molecule has 0 unspecified atom stereocenters. The lowest BCUT2D eigenvalue weighted by atomic mass is 9.94. The molecule has 0 aliphatic carbocycles. The number of anilines is 3. The summed E-state index contributed by atoms with van der Waals surface area (Å²) in [5.41, 5.74) is 21.7. The number of benzene rings is 3. The van der Waals surface area contributed by atoms with Gasteiger partial charge in [0.2, 0.25) is 5.91 Å². The van der Waals surface area contributed by atoms with Crippen molar-refractivity contribution in [3.63, 3.8) is 0 Å². The van der Waals surface area contributed by atoms with Gasteiger partial charge in [-0.05, 0) is 49.2 Å². The zero-order valence-electron chi connectivity index (χ0n) is 19.1. The van der Waals surface area contributed by atoms with Gasteiger partial charge in [-0.25, -0.2) is 0 Å². The molecule has 0 saturated carbocycles. The maximum Gasteiger partial charge on any atom is 0.224 e. The molecule has 0 spiro atoms. The zero-order chi connectivity index (χ0) is 25.0. The molecule has 10 N–H and O–H groups in total. The maximum atomic E-state index is 12.9. The van der Waals surface area contributed by atoms with Gasteiger partial charge in [-0.1, -0.05) is 35.9 Å². The van der Waals surface area contributed by atoms with Gasteiger partial charge in [0.25, 0.3) is 0 Å². The lowest BCUT2D eigenvalue weighted by Crippen LogP contribution is -2.25. The number of amides is 1. The zero-order valence-corrected chi connectivity index (χ0v) is 19.8. The molecular formula is C25H29ClN6O2. The van der Waals surface area contributed by atoms with Crippen LogP contribution in [-0.4, -0.2) is 22.9 Å². The van der Waals surface area contributed by atoms with E-state index in [4.69, 9.17) is 34.2 Å². The molecule has 0 aliphatic rings. The Kier molecular flexibility index (Phi) is 7.53. The average molecular weight is 481 g/mol. The quantitative estimate of drug-likeness (QED) is 0.112. The number of nitrogens with two attached hydrogens (primary N) is 3. The first-order valence-corrected chi connectivity index (χ1v) is 11.1. The van der Waals surface area contributed by atoms with Crippen LogP contribution in [0.1, 0.15) is 30.5 Å². The summed E-state index contributed by atoms with van der Waals surface area (Å²) < 4.78 is 0. The molecule has 0 aliphatic heterocycles. The molecule has 0 atom stereocenters. The maximum absolute atomic E-state index is 12.9. The summed E-state index contributed by atoms with van der Waals surface area (Å²) in [4.78, 5) is 12.9. The molecule has 0 heterocycles. The lowest BCUT2D eigenvalue weighted by Gasteiger charge is -2.20. The number of amidine groups is 1. The number of phenolic OH excluding ortho intramolecular Hbond substituents is 1. The number of halogens is 1. The number of hydrogen-bond acceptors (Lipinski definition) is 6. The second kappa shape index (κ2) is 10.4. The summed E-state index contributed by atoms with van der Waals surface area (Å²) in [7, 11) is 0. The monoisotopic (exact) mass is 480 g/mol. The highest BCUT2D eigenvalue weighted by Crippen LogP contribution is 2.43. The third kappa shape index (κ3) is 5.90. The third-order valence-corrected chi connectivity index (χ3v) is 5.45. The number of phenols is 1. The van der Waals surface area contributed by atoms with E-state index in [9.17, 15) is 9.90 Å².